The van der Waals surface area contributed by atoms with E-state index in [0.717, 1.165) is 0 Å². The third kappa shape index (κ3) is 2.19. The molecule has 1 amide bonds. The molecule has 2 heterocycles. The molecular weight excluding hydrogens is 279 g/mol. The van der Waals surface area contributed by atoms with Crippen molar-refractivity contribution < 1.29 is 9.18 Å². The molecule has 0 spiro atoms. The van der Waals surface area contributed by atoms with Crippen LogP contribution in [0.3, 0.4) is 0 Å². The van der Waals surface area contributed by atoms with Gasteiger partial charge < -0.3 is 0 Å². The Morgan fingerprint density at radius 3 is 2.80 bits per heavy atom. The van der Waals surface area contributed by atoms with Gasteiger partial charge in [-0.3, -0.25) is 9.89 Å². The highest BCUT2D eigenvalue weighted by atomic mass is 32.1. The summed E-state index contributed by atoms with van der Waals surface area (Å²) < 4.78 is 13.8. The maximum absolute atomic E-state index is 13.8. The lowest BCUT2D eigenvalue weighted by molar-refractivity contribution is 0.0994. The standard InChI is InChI=1S/C13H9FN4OS/c14-11-4-2-1-3-10(11)12(19)18(9-5-6-20-7-9)13-15-8-16-17-13/h1-8H,(H,15,16,17). The average Bonchev–Trinajstić information content (AvgIpc) is 3.13. The number of hydrogen-bond acceptors (Lipinski definition) is 4. The molecule has 0 fully saturated rings. The molecule has 1 N–H and O–H groups in total. The third-order valence-corrected chi connectivity index (χ3v) is 3.34. The van der Waals surface area contributed by atoms with Crippen LogP contribution in [0.15, 0.2) is 47.4 Å². The Hall–Kier alpha value is -2.54. The number of benzene rings is 1. The summed E-state index contributed by atoms with van der Waals surface area (Å²) in [5, 5.41) is 10.0. The van der Waals surface area contributed by atoms with Gasteiger partial charge in [0.15, 0.2) is 0 Å². The fraction of sp³-hybridized carbons (Fsp3) is 0. The highest BCUT2D eigenvalue weighted by Gasteiger charge is 2.25. The van der Waals surface area contributed by atoms with Crippen molar-refractivity contribution in [3.05, 3.63) is 58.8 Å². The number of carbonyl (C=O) groups is 1. The number of halogens is 1. The van der Waals surface area contributed by atoms with E-state index in [0.29, 0.717) is 5.69 Å². The number of amides is 1. The highest BCUT2D eigenvalue weighted by molar-refractivity contribution is 7.08. The average molecular weight is 288 g/mol. The first-order valence-electron chi connectivity index (χ1n) is 5.74. The predicted molar refractivity (Wildman–Crippen MR) is 73.6 cm³/mol. The second-order valence-corrected chi connectivity index (χ2v) is 4.68. The zero-order valence-corrected chi connectivity index (χ0v) is 11.0. The summed E-state index contributed by atoms with van der Waals surface area (Å²) in [6.07, 6.45) is 1.36. The van der Waals surface area contributed by atoms with E-state index in [1.807, 2.05) is 5.38 Å². The van der Waals surface area contributed by atoms with E-state index in [-0.39, 0.29) is 11.5 Å². The Balaban J connectivity index is 2.07. The predicted octanol–water partition coefficient (Wildman–Crippen LogP) is 2.98. The minimum Gasteiger partial charge on any atom is -0.268 e. The van der Waals surface area contributed by atoms with Gasteiger partial charge in [0, 0.05) is 5.38 Å². The first-order valence-corrected chi connectivity index (χ1v) is 6.68. The second-order valence-electron chi connectivity index (χ2n) is 3.90. The number of thiophene rings is 1. The Morgan fingerprint density at radius 1 is 1.30 bits per heavy atom. The van der Waals surface area contributed by atoms with E-state index in [9.17, 15) is 9.18 Å². The van der Waals surface area contributed by atoms with Gasteiger partial charge in [-0.25, -0.2) is 9.29 Å². The Kier molecular flexibility index (Phi) is 3.26. The van der Waals surface area contributed by atoms with Gasteiger partial charge in [0.1, 0.15) is 12.1 Å². The highest BCUT2D eigenvalue weighted by Crippen LogP contribution is 2.26. The van der Waals surface area contributed by atoms with Crippen molar-refractivity contribution in [2.75, 3.05) is 4.90 Å². The summed E-state index contributed by atoms with van der Waals surface area (Å²) in [4.78, 5) is 17.8. The summed E-state index contributed by atoms with van der Waals surface area (Å²) in [6.45, 7) is 0. The molecule has 0 bridgehead atoms. The molecule has 0 aliphatic rings. The van der Waals surface area contributed by atoms with Gasteiger partial charge in [-0.05, 0) is 23.6 Å². The van der Waals surface area contributed by atoms with Gasteiger partial charge in [0.05, 0.1) is 11.3 Å². The van der Waals surface area contributed by atoms with E-state index in [2.05, 4.69) is 15.2 Å². The molecule has 0 saturated heterocycles. The zero-order valence-electron chi connectivity index (χ0n) is 10.2. The van der Waals surface area contributed by atoms with Crippen molar-refractivity contribution >= 4 is 28.9 Å². The second kappa shape index (κ2) is 5.22. The number of aromatic nitrogens is 3. The number of aromatic amines is 1. The van der Waals surface area contributed by atoms with Gasteiger partial charge in [0.2, 0.25) is 0 Å². The van der Waals surface area contributed by atoms with E-state index in [1.165, 1.54) is 40.8 Å². The first kappa shape index (κ1) is 12.5. The Labute approximate surface area is 117 Å². The van der Waals surface area contributed by atoms with Crippen molar-refractivity contribution in [2.24, 2.45) is 0 Å². The molecule has 7 heteroatoms. The molecular formula is C13H9FN4OS. The lowest BCUT2D eigenvalue weighted by Crippen LogP contribution is -2.27. The lowest BCUT2D eigenvalue weighted by Gasteiger charge is -2.17. The van der Waals surface area contributed by atoms with Crippen LogP contribution in [0.5, 0.6) is 0 Å². The van der Waals surface area contributed by atoms with Crippen molar-refractivity contribution in [2.45, 2.75) is 0 Å². The van der Waals surface area contributed by atoms with Gasteiger partial charge in [-0.1, -0.05) is 12.1 Å². The van der Waals surface area contributed by atoms with Crippen molar-refractivity contribution in [3.63, 3.8) is 0 Å². The minimum absolute atomic E-state index is 0.0245. The van der Waals surface area contributed by atoms with Gasteiger partial charge in [-0.15, -0.1) is 5.10 Å². The first-order chi connectivity index (χ1) is 9.77. The van der Waals surface area contributed by atoms with Crippen LogP contribution in [0.25, 0.3) is 0 Å². The number of nitrogens with one attached hydrogen (secondary N) is 1. The van der Waals surface area contributed by atoms with Crippen LogP contribution < -0.4 is 4.90 Å². The molecule has 20 heavy (non-hydrogen) atoms. The van der Waals surface area contributed by atoms with Crippen molar-refractivity contribution in [1.82, 2.24) is 15.2 Å². The van der Waals surface area contributed by atoms with Gasteiger partial charge >= 0.3 is 0 Å². The molecule has 1 aromatic carbocycles. The van der Waals surface area contributed by atoms with Gasteiger partial charge in [-0.2, -0.15) is 16.3 Å². The summed E-state index contributed by atoms with van der Waals surface area (Å²) in [7, 11) is 0. The van der Waals surface area contributed by atoms with E-state index in [4.69, 9.17) is 0 Å². The molecule has 0 unspecified atom stereocenters. The van der Waals surface area contributed by atoms with Crippen LogP contribution >= 0.6 is 11.3 Å². The quantitative estimate of drug-likeness (QED) is 0.806. The van der Waals surface area contributed by atoms with Crippen LogP contribution in [-0.4, -0.2) is 21.1 Å². The van der Waals surface area contributed by atoms with E-state index < -0.39 is 11.7 Å². The Bertz CT molecular complexity index is 678. The number of H-pyrrole nitrogens is 1. The number of anilines is 2. The molecule has 100 valence electrons. The van der Waals surface area contributed by atoms with Crippen molar-refractivity contribution in [1.29, 1.82) is 0 Å². The smallest absolute Gasteiger partial charge is 0.268 e. The van der Waals surface area contributed by atoms with Crippen molar-refractivity contribution in [3.8, 4) is 0 Å². The number of carbonyl (C=O) groups excluding carboxylic acids is 1. The largest absolute Gasteiger partial charge is 0.268 e. The topological polar surface area (TPSA) is 61.9 Å². The fourth-order valence-electron chi connectivity index (χ4n) is 1.77. The molecule has 3 rings (SSSR count). The molecule has 0 atom stereocenters. The van der Waals surface area contributed by atoms with Crippen LogP contribution in [0.2, 0.25) is 0 Å². The van der Waals surface area contributed by atoms with Crippen LogP contribution in [0.4, 0.5) is 16.0 Å². The summed E-state index contributed by atoms with van der Waals surface area (Å²) in [5.74, 6) is -0.911. The van der Waals surface area contributed by atoms with E-state index >= 15 is 0 Å². The number of hydrogen-bond donors (Lipinski definition) is 1. The molecule has 0 radical (unpaired) electrons. The molecule has 0 aliphatic carbocycles. The normalized spacial score (nSPS) is 10.4. The maximum atomic E-state index is 13.8. The molecule has 3 aromatic rings. The fourth-order valence-corrected chi connectivity index (χ4v) is 2.39. The maximum Gasteiger partial charge on any atom is 0.268 e. The van der Waals surface area contributed by atoms with Gasteiger partial charge in [0.25, 0.3) is 11.9 Å². The molecule has 0 aliphatic heterocycles. The number of nitrogens with zero attached hydrogens (tertiary/aromatic N) is 3. The van der Waals surface area contributed by atoms with Crippen LogP contribution in [-0.2, 0) is 0 Å². The molecule has 0 saturated carbocycles. The molecule has 5 nitrogen and oxygen atoms in total. The number of rotatable bonds is 3. The summed E-state index contributed by atoms with van der Waals surface area (Å²) >= 11 is 1.43. The van der Waals surface area contributed by atoms with Crippen LogP contribution in [0, 0.1) is 5.82 Å². The zero-order chi connectivity index (χ0) is 13.9. The van der Waals surface area contributed by atoms with E-state index in [1.54, 1.807) is 17.5 Å². The Morgan fingerprint density at radius 2 is 2.15 bits per heavy atom. The monoisotopic (exact) mass is 288 g/mol. The minimum atomic E-state index is -0.576. The van der Waals surface area contributed by atoms with Crippen LogP contribution in [0.1, 0.15) is 10.4 Å². The lowest BCUT2D eigenvalue weighted by atomic mass is 10.2. The SMILES string of the molecule is O=C(c1ccccc1F)N(c1ccsc1)c1nc[nH]n1. The summed E-state index contributed by atoms with van der Waals surface area (Å²) in [5.41, 5.74) is 0.575. The molecule has 2 aromatic heterocycles. The summed E-state index contributed by atoms with van der Waals surface area (Å²) in [6, 6.07) is 7.58. The third-order valence-electron chi connectivity index (χ3n) is 2.67.